The summed E-state index contributed by atoms with van der Waals surface area (Å²) in [6.45, 7) is 2.95. The van der Waals surface area contributed by atoms with Crippen LogP contribution < -0.4 is 5.32 Å². The Morgan fingerprint density at radius 1 is 1.24 bits per heavy atom. The van der Waals surface area contributed by atoms with E-state index < -0.39 is 0 Å². The van der Waals surface area contributed by atoms with E-state index in [0.29, 0.717) is 13.0 Å². The maximum Gasteiger partial charge on any atom is 0.224 e. The van der Waals surface area contributed by atoms with Crippen LogP contribution in [0.3, 0.4) is 0 Å². The molecule has 0 aliphatic rings. The van der Waals surface area contributed by atoms with Gasteiger partial charge in [0.05, 0.1) is 6.42 Å². The van der Waals surface area contributed by atoms with Crippen molar-refractivity contribution in [2.45, 2.75) is 32.6 Å². The first kappa shape index (κ1) is 13.7. The molecule has 0 heterocycles. The summed E-state index contributed by atoms with van der Waals surface area (Å²) < 4.78 is 0. The zero-order chi connectivity index (χ0) is 12.5. The van der Waals surface area contributed by atoms with Gasteiger partial charge in [0.1, 0.15) is 0 Å². The van der Waals surface area contributed by atoms with Crippen molar-refractivity contribution < 1.29 is 9.90 Å². The lowest BCUT2D eigenvalue weighted by atomic mass is 10.1. The number of rotatable bonds is 7. The molecule has 1 aromatic carbocycles. The van der Waals surface area contributed by atoms with E-state index in [1.54, 1.807) is 0 Å². The number of carbonyl (C=O) groups is 1. The summed E-state index contributed by atoms with van der Waals surface area (Å²) in [7, 11) is 0. The lowest BCUT2D eigenvalue weighted by Gasteiger charge is -2.07. The summed E-state index contributed by atoms with van der Waals surface area (Å²) in [5.74, 6) is 0.0725. The van der Waals surface area contributed by atoms with Gasteiger partial charge in [-0.15, -0.1) is 0 Å². The van der Waals surface area contributed by atoms with E-state index in [0.717, 1.165) is 30.4 Å². The molecule has 1 amide bonds. The van der Waals surface area contributed by atoms with E-state index >= 15 is 0 Å². The number of aryl methyl sites for hydroxylation is 1. The average molecular weight is 235 g/mol. The van der Waals surface area contributed by atoms with Crippen LogP contribution in [0.25, 0.3) is 0 Å². The van der Waals surface area contributed by atoms with Gasteiger partial charge in [0.15, 0.2) is 0 Å². The molecule has 0 radical (unpaired) electrons. The van der Waals surface area contributed by atoms with Gasteiger partial charge in [-0.25, -0.2) is 0 Å². The van der Waals surface area contributed by atoms with Crippen molar-refractivity contribution in [2.24, 2.45) is 0 Å². The highest BCUT2D eigenvalue weighted by Gasteiger charge is 2.04. The predicted molar refractivity (Wildman–Crippen MR) is 68.8 cm³/mol. The number of aliphatic hydroxyl groups excluding tert-OH is 1. The Morgan fingerprint density at radius 2 is 2.00 bits per heavy atom. The number of nitrogens with one attached hydrogen (secondary N) is 1. The van der Waals surface area contributed by atoms with Crippen LogP contribution in [-0.4, -0.2) is 24.2 Å². The maximum absolute atomic E-state index is 11.6. The first-order valence-corrected chi connectivity index (χ1v) is 6.16. The van der Waals surface area contributed by atoms with Crippen molar-refractivity contribution in [1.82, 2.24) is 5.32 Å². The first-order valence-electron chi connectivity index (χ1n) is 6.16. The van der Waals surface area contributed by atoms with Crippen molar-refractivity contribution in [3.05, 3.63) is 35.4 Å². The quantitative estimate of drug-likeness (QED) is 0.708. The Morgan fingerprint density at radius 3 is 2.71 bits per heavy atom. The number of aliphatic hydroxyl groups is 1. The van der Waals surface area contributed by atoms with Crippen LogP contribution >= 0.6 is 0 Å². The summed E-state index contributed by atoms with van der Waals surface area (Å²) in [6, 6.07) is 7.94. The topological polar surface area (TPSA) is 49.3 Å². The molecule has 0 aliphatic heterocycles. The van der Waals surface area contributed by atoms with Crippen LogP contribution in [0.2, 0.25) is 0 Å². The fourth-order valence-corrected chi connectivity index (χ4v) is 1.69. The van der Waals surface area contributed by atoms with Crippen molar-refractivity contribution in [2.75, 3.05) is 13.2 Å². The smallest absolute Gasteiger partial charge is 0.224 e. The van der Waals surface area contributed by atoms with E-state index in [9.17, 15) is 4.79 Å². The van der Waals surface area contributed by atoms with Crippen LogP contribution in [0.1, 0.15) is 30.4 Å². The Balaban J connectivity index is 2.23. The van der Waals surface area contributed by atoms with Crippen molar-refractivity contribution >= 4 is 5.91 Å². The van der Waals surface area contributed by atoms with Crippen molar-refractivity contribution in [3.63, 3.8) is 0 Å². The molecule has 0 spiro atoms. The molecule has 0 bridgehead atoms. The number of benzene rings is 1. The standard InChI is InChI=1S/C14H21NO2/c1-12-7-3-4-8-13(12)11-14(17)15-9-5-2-6-10-16/h3-4,7-8,16H,2,5-6,9-11H2,1H3,(H,15,17). The second-order valence-electron chi connectivity index (χ2n) is 4.24. The number of hydrogen-bond acceptors (Lipinski definition) is 2. The van der Waals surface area contributed by atoms with E-state index in [-0.39, 0.29) is 12.5 Å². The van der Waals surface area contributed by atoms with Crippen molar-refractivity contribution in [1.29, 1.82) is 0 Å². The van der Waals surface area contributed by atoms with Gasteiger partial charge in [0.25, 0.3) is 0 Å². The first-order chi connectivity index (χ1) is 8.24. The van der Waals surface area contributed by atoms with Gasteiger partial charge >= 0.3 is 0 Å². The highest BCUT2D eigenvalue weighted by molar-refractivity contribution is 5.78. The minimum Gasteiger partial charge on any atom is -0.396 e. The summed E-state index contributed by atoms with van der Waals surface area (Å²) in [4.78, 5) is 11.6. The summed E-state index contributed by atoms with van der Waals surface area (Å²) in [5.41, 5.74) is 2.24. The Labute approximate surface area is 103 Å². The Hall–Kier alpha value is -1.35. The van der Waals surface area contributed by atoms with Crippen LogP contribution in [0.4, 0.5) is 0 Å². The second kappa shape index (κ2) is 7.85. The number of hydrogen-bond donors (Lipinski definition) is 2. The summed E-state index contributed by atoms with van der Waals surface area (Å²) >= 11 is 0. The normalized spacial score (nSPS) is 10.2. The molecular weight excluding hydrogens is 214 g/mol. The molecule has 0 saturated carbocycles. The summed E-state index contributed by atoms with van der Waals surface area (Å²) in [5, 5.41) is 11.5. The minimum atomic E-state index is 0.0725. The van der Waals surface area contributed by atoms with Crippen LogP contribution in [0.5, 0.6) is 0 Å². The third-order valence-corrected chi connectivity index (χ3v) is 2.77. The van der Waals surface area contributed by atoms with Gasteiger partial charge in [0, 0.05) is 13.2 Å². The van der Waals surface area contributed by atoms with Crippen molar-refractivity contribution in [3.8, 4) is 0 Å². The van der Waals surface area contributed by atoms with Gasteiger partial charge in [-0.1, -0.05) is 24.3 Å². The molecule has 1 rings (SSSR count). The third-order valence-electron chi connectivity index (χ3n) is 2.77. The zero-order valence-corrected chi connectivity index (χ0v) is 10.4. The predicted octanol–water partition coefficient (Wildman–Crippen LogP) is 1.82. The lowest BCUT2D eigenvalue weighted by molar-refractivity contribution is -0.120. The van der Waals surface area contributed by atoms with E-state index in [1.165, 1.54) is 0 Å². The van der Waals surface area contributed by atoms with Gasteiger partial charge in [-0.3, -0.25) is 4.79 Å². The van der Waals surface area contributed by atoms with Gasteiger partial charge < -0.3 is 10.4 Å². The fraction of sp³-hybridized carbons (Fsp3) is 0.500. The zero-order valence-electron chi connectivity index (χ0n) is 10.4. The lowest BCUT2D eigenvalue weighted by Crippen LogP contribution is -2.26. The molecule has 2 N–H and O–H groups in total. The SMILES string of the molecule is Cc1ccccc1CC(=O)NCCCCCO. The highest BCUT2D eigenvalue weighted by atomic mass is 16.2. The Bertz CT molecular complexity index is 350. The number of amides is 1. The molecular formula is C14H21NO2. The van der Waals surface area contributed by atoms with Gasteiger partial charge in [0.2, 0.25) is 5.91 Å². The number of unbranched alkanes of at least 4 members (excludes halogenated alkanes) is 2. The van der Waals surface area contributed by atoms with Crippen LogP contribution in [-0.2, 0) is 11.2 Å². The summed E-state index contributed by atoms with van der Waals surface area (Å²) in [6.07, 6.45) is 3.15. The van der Waals surface area contributed by atoms with E-state index in [4.69, 9.17) is 5.11 Å². The largest absolute Gasteiger partial charge is 0.396 e. The highest BCUT2D eigenvalue weighted by Crippen LogP contribution is 2.07. The molecule has 3 heteroatoms. The van der Waals surface area contributed by atoms with Crippen LogP contribution in [0, 0.1) is 6.92 Å². The average Bonchev–Trinajstić information content (AvgIpc) is 2.32. The molecule has 0 aromatic heterocycles. The Kier molecular flexibility index (Phi) is 6.33. The number of carbonyl (C=O) groups excluding carboxylic acids is 1. The molecule has 17 heavy (non-hydrogen) atoms. The van der Waals surface area contributed by atoms with Gasteiger partial charge in [-0.2, -0.15) is 0 Å². The van der Waals surface area contributed by atoms with Gasteiger partial charge in [-0.05, 0) is 37.3 Å². The molecule has 0 saturated heterocycles. The molecule has 0 atom stereocenters. The second-order valence-corrected chi connectivity index (χ2v) is 4.24. The van der Waals surface area contributed by atoms with Crippen LogP contribution in [0.15, 0.2) is 24.3 Å². The molecule has 0 unspecified atom stereocenters. The monoisotopic (exact) mass is 235 g/mol. The molecule has 0 fully saturated rings. The fourth-order valence-electron chi connectivity index (χ4n) is 1.69. The minimum absolute atomic E-state index is 0.0725. The molecule has 94 valence electrons. The van der Waals surface area contributed by atoms with E-state index in [1.807, 2.05) is 31.2 Å². The third kappa shape index (κ3) is 5.50. The molecule has 0 aliphatic carbocycles. The molecule has 1 aromatic rings. The van der Waals surface area contributed by atoms with E-state index in [2.05, 4.69) is 5.32 Å². The molecule has 3 nitrogen and oxygen atoms in total. The maximum atomic E-state index is 11.6.